The highest BCUT2D eigenvalue weighted by atomic mass is 35.5. The third kappa shape index (κ3) is 2.88. The van der Waals surface area contributed by atoms with E-state index < -0.39 is 0 Å². The molecule has 2 aromatic rings. The lowest BCUT2D eigenvalue weighted by molar-refractivity contribution is 0.107. The molecule has 1 unspecified atom stereocenters. The van der Waals surface area contributed by atoms with Gasteiger partial charge in [-0.05, 0) is 18.6 Å². The zero-order valence-electron chi connectivity index (χ0n) is 14.0. The summed E-state index contributed by atoms with van der Waals surface area (Å²) in [4.78, 5) is 41.0. The molecule has 1 N–H and O–H groups in total. The van der Waals surface area contributed by atoms with Gasteiger partial charge in [-0.1, -0.05) is 18.4 Å². The predicted octanol–water partition coefficient (Wildman–Crippen LogP) is 2.05. The summed E-state index contributed by atoms with van der Waals surface area (Å²) in [5.74, 6) is 0.801. The van der Waals surface area contributed by atoms with Crippen molar-refractivity contribution in [3.05, 3.63) is 35.4 Å². The van der Waals surface area contributed by atoms with Crippen molar-refractivity contribution in [3.8, 4) is 0 Å². The second-order valence-electron chi connectivity index (χ2n) is 6.11. The monoisotopic (exact) mass is 369 g/mol. The number of fused-ring (bicyclic) bond motifs is 4. The summed E-state index contributed by atoms with van der Waals surface area (Å²) in [5, 5.41) is 2.98. The largest absolute Gasteiger partial charge is 0.366 e. The van der Waals surface area contributed by atoms with Crippen LogP contribution in [-0.2, 0) is 0 Å². The third-order valence-electron chi connectivity index (χ3n) is 4.55. The summed E-state index contributed by atoms with van der Waals surface area (Å²) >= 11 is 5.85. The second-order valence-corrected chi connectivity index (χ2v) is 6.49. The third-order valence-corrected chi connectivity index (χ3v) is 4.76. The molecule has 2 aromatic heterocycles. The number of urea groups is 1. The van der Waals surface area contributed by atoms with Gasteiger partial charge in [0, 0.05) is 19.2 Å². The molecule has 26 heavy (non-hydrogen) atoms. The first kappa shape index (κ1) is 16.8. The molecule has 10 heteroatoms. The van der Waals surface area contributed by atoms with Gasteiger partial charge in [0.2, 0.25) is 7.28 Å². The van der Waals surface area contributed by atoms with Gasteiger partial charge < -0.3 is 9.69 Å². The SMILES string of the molecule is C[B]C(=O)c1ccc2c(n1)N(C(=O)Nc1cc(Cl)ncn1)C1CCN2C1. The number of nitrogens with zero attached hydrogens (tertiary/aromatic N) is 5. The first-order chi connectivity index (χ1) is 12.6. The highest BCUT2D eigenvalue weighted by molar-refractivity contribution is 6.76. The minimum atomic E-state index is -0.356. The van der Waals surface area contributed by atoms with Gasteiger partial charge >= 0.3 is 6.03 Å². The Balaban J connectivity index is 1.70. The Morgan fingerprint density at radius 1 is 1.35 bits per heavy atom. The molecule has 131 valence electrons. The van der Waals surface area contributed by atoms with Gasteiger partial charge in [-0.15, -0.1) is 0 Å². The topological polar surface area (TPSA) is 91.3 Å². The highest BCUT2D eigenvalue weighted by Gasteiger charge is 2.40. The molecular weight excluding hydrogens is 354 g/mol. The van der Waals surface area contributed by atoms with E-state index in [2.05, 4.69) is 25.2 Å². The first-order valence-corrected chi connectivity index (χ1v) is 8.62. The minimum Gasteiger partial charge on any atom is -0.366 e. The standard InChI is InChI=1S/C16H15BClN6O2/c1-17-14(25)10-2-3-11-15(21-10)24(9-4-5-23(11)7-9)16(26)22-13-6-12(18)19-8-20-13/h2-3,6,8-9H,4-5,7H2,1H3,(H,19,20,22,26). The van der Waals surface area contributed by atoms with Crippen molar-refractivity contribution in [2.24, 2.45) is 0 Å². The van der Waals surface area contributed by atoms with Crippen molar-refractivity contribution in [2.75, 3.05) is 28.2 Å². The van der Waals surface area contributed by atoms with Crippen LogP contribution < -0.4 is 15.1 Å². The van der Waals surface area contributed by atoms with E-state index in [9.17, 15) is 9.59 Å². The van der Waals surface area contributed by atoms with Crippen molar-refractivity contribution >= 4 is 47.9 Å². The van der Waals surface area contributed by atoms with Crippen LogP contribution in [0.25, 0.3) is 0 Å². The first-order valence-electron chi connectivity index (χ1n) is 8.24. The van der Waals surface area contributed by atoms with Crippen LogP contribution in [0.3, 0.4) is 0 Å². The fourth-order valence-electron chi connectivity index (χ4n) is 3.33. The average Bonchev–Trinajstić information content (AvgIpc) is 3.05. The molecule has 2 amide bonds. The van der Waals surface area contributed by atoms with Gasteiger partial charge in [0.15, 0.2) is 5.82 Å². The maximum Gasteiger partial charge on any atom is 0.329 e. The van der Waals surface area contributed by atoms with Gasteiger partial charge in [0.25, 0.3) is 0 Å². The van der Waals surface area contributed by atoms with Crippen LogP contribution in [0.2, 0.25) is 12.0 Å². The molecule has 0 saturated carbocycles. The number of nitrogens with one attached hydrogen (secondary N) is 1. The van der Waals surface area contributed by atoms with Crippen LogP contribution in [0, 0.1) is 0 Å². The van der Waals surface area contributed by atoms with Crippen molar-refractivity contribution in [2.45, 2.75) is 19.3 Å². The molecule has 2 bridgehead atoms. The molecule has 8 nitrogen and oxygen atoms in total. The maximum atomic E-state index is 12.9. The number of anilines is 3. The van der Waals surface area contributed by atoms with Crippen molar-refractivity contribution < 1.29 is 9.59 Å². The van der Waals surface area contributed by atoms with Crippen LogP contribution in [-0.4, -0.2) is 53.1 Å². The van der Waals surface area contributed by atoms with Crippen molar-refractivity contribution in [3.63, 3.8) is 0 Å². The molecule has 0 aliphatic carbocycles. The summed E-state index contributed by atoms with van der Waals surface area (Å²) in [6.07, 6.45) is 2.11. The summed E-state index contributed by atoms with van der Waals surface area (Å²) in [6, 6.07) is 4.65. The Bertz CT molecular complexity index is 895. The summed E-state index contributed by atoms with van der Waals surface area (Å²) in [6.45, 7) is 3.25. The average molecular weight is 370 g/mol. The van der Waals surface area contributed by atoms with Crippen LogP contribution >= 0.6 is 11.6 Å². The molecule has 0 spiro atoms. The van der Waals surface area contributed by atoms with E-state index in [4.69, 9.17) is 11.6 Å². The van der Waals surface area contributed by atoms with E-state index >= 15 is 0 Å². The zero-order chi connectivity index (χ0) is 18.3. The number of aromatic nitrogens is 3. The number of rotatable bonds is 3. The van der Waals surface area contributed by atoms with E-state index in [1.54, 1.807) is 17.8 Å². The smallest absolute Gasteiger partial charge is 0.329 e. The summed E-state index contributed by atoms with van der Waals surface area (Å²) in [7, 11) is 1.46. The van der Waals surface area contributed by atoms with E-state index in [0.717, 1.165) is 25.2 Å². The second kappa shape index (κ2) is 6.56. The Labute approximate surface area is 155 Å². The van der Waals surface area contributed by atoms with E-state index in [0.29, 0.717) is 17.3 Å². The van der Waals surface area contributed by atoms with Crippen molar-refractivity contribution in [1.82, 2.24) is 15.0 Å². The van der Waals surface area contributed by atoms with E-state index in [1.807, 2.05) is 6.07 Å². The molecule has 1 fully saturated rings. The quantitative estimate of drug-likeness (QED) is 0.657. The fourth-order valence-corrected chi connectivity index (χ4v) is 3.48. The molecule has 4 rings (SSSR count). The summed E-state index contributed by atoms with van der Waals surface area (Å²) in [5.41, 5.74) is 0.988. The van der Waals surface area contributed by atoms with Gasteiger partial charge in [-0.2, -0.15) is 0 Å². The number of carbonyl (C=O) groups is 2. The van der Waals surface area contributed by atoms with Crippen LogP contribution in [0.5, 0.6) is 0 Å². The number of carbonyl (C=O) groups excluding carboxylic acids is 2. The minimum absolute atomic E-state index is 0.0109. The Morgan fingerprint density at radius 3 is 2.96 bits per heavy atom. The maximum absolute atomic E-state index is 12.9. The zero-order valence-corrected chi connectivity index (χ0v) is 14.8. The van der Waals surface area contributed by atoms with Crippen LogP contribution in [0.15, 0.2) is 24.5 Å². The van der Waals surface area contributed by atoms with Gasteiger partial charge in [0.1, 0.15) is 23.0 Å². The number of hydrogen-bond acceptors (Lipinski definition) is 6. The predicted molar refractivity (Wildman–Crippen MR) is 99.3 cm³/mol. The Morgan fingerprint density at radius 2 is 2.19 bits per heavy atom. The lowest BCUT2D eigenvalue weighted by Gasteiger charge is -2.35. The lowest BCUT2D eigenvalue weighted by atomic mass is 9.75. The van der Waals surface area contributed by atoms with Crippen LogP contribution in [0.1, 0.15) is 16.9 Å². The van der Waals surface area contributed by atoms with Crippen LogP contribution in [0.4, 0.5) is 22.1 Å². The Hall–Kier alpha value is -2.68. The molecule has 0 aromatic carbocycles. The molecule has 1 saturated heterocycles. The van der Waals surface area contributed by atoms with E-state index in [1.165, 1.54) is 19.7 Å². The number of amides is 2. The number of hydrogen-bond donors (Lipinski definition) is 1. The molecule has 2 aliphatic heterocycles. The Kier molecular flexibility index (Phi) is 4.24. The van der Waals surface area contributed by atoms with E-state index in [-0.39, 0.29) is 22.9 Å². The molecular formula is C16H15BClN6O2. The number of pyridine rings is 1. The van der Waals surface area contributed by atoms with Gasteiger partial charge in [0.05, 0.1) is 17.4 Å². The highest BCUT2D eigenvalue weighted by Crippen LogP contribution is 2.39. The molecule has 4 heterocycles. The molecule has 1 radical (unpaired) electrons. The summed E-state index contributed by atoms with van der Waals surface area (Å²) < 4.78 is 0. The molecule has 1 atom stereocenters. The van der Waals surface area contributed by atoms with Crippen molar-refractivity contribution in [1.29, 1.82) is 0 Å². The normalized spacial score (nSPS) is 17.7. The molecule has 2 aliphatic rings. The van der Waals surface area contributed by atoms with Gasteiger partial charge in [-0.25, -0.2) is 19.7 Å². The fraction of sp³-hybridized carbons (Fsp3) is 0.312. The number of halogens is 1. The lowest BCUT2D eigenvalue weighted by Crippen LogP contribution is -2.48. The van der Waals surface area contributed by atoms with Gasteiger partial charge in [-0.3, -0.25) is 10.2 Å².